The molecule has 0 aromatic rings. The van der Waals surface area contributed by atoms with E-state index < -0.39 is 0 Å². The Morgan fingerprint density at radius 3 is 2.38 bits per heavy atom. The third kappa shape index (κ3) is 3.55. The monoisotopic (exact) mass is 297 g/mol. The highest BCUT2D eigenvalue weighted by atomic mass is 16.3. The van der Waals surface area contributed by atoms with Gasteiger partial charge < -0.3 is 10.0 Å². The van der Waals surface area contributed by atoms with Crippen molar-refractivity contribution in [1.82, 2.24) is 14.7 Å². The predicted octanol–water partition coefficient (Wildman–Crippen LogP) is 0.609. The molecule has 0 aliphatic carbocycles. The van der Waals surface area contributed by atoms with Crippen LogP contribution in [0.4, 0.5) is 4.79 Å². The molecule has 2 aliphatic rings. The topological polar surface area (TPSA) is 64.1 Å². The maximum absolute atomic E-state index is 11.8. The average Bonchev–Trinajstić information content (AvgIpc) is 2.60. The lowest BCUT2D eigenvalue weighted by atomic mass is 9.74. The van der Waals surface area contributed by atoms with Crippen LogP contribution in [0.5, 0.6) is 0 Å². The Kier molecular flexibility index (Phi) is 4.58. The summed E-state index contributed by atoms with van der Waals surface area (Å²) in [4.78, 5) is 28.4. The van der Waals surface area contributed by atoms with Crippen LogP contribution in [-0.2, 0) is 4.79 Å². The Labute approximate surface area is 126 Å². The van der Waals surface area contributed by atoms with Gasteiger partial charge in [0.1, 0.15) is 6.54 Å². The van der Waals surface area contributed by atoms with Gasteiger partial charge in [0.15, 0.2) is 0 Å². The molecule has 120 valence electrons. The van der Waals surface area contributed by atoms with Crippen LogP contribution in [0.25, 0.3) is 0 Å². The zero-order valence-electron chi connectivity index (χ0n) is 13.5. The molecule has 3 amide bonds. The molecule has 6 heteroatoms. The summed E-state index contributed by atoms with van der Waals surface area (Å²) < 4.78 is 0. The van der Waals surface area contributed by atoms with Gasteiger partial charge in [0.2, 0.25) is 5.91 Å². The molecule has 21 heavy (non-hydrogen) atoms. The third-order valence-corrected chi connectivity index (χ3v) is 4.65. The molecule has 0 aromatic carbocycles. The number of amides is 3. The third-order valence-electron chi connectivity index (χ3n) is 4.65. The summed E-state index contributed by atoms with van der Waals surface area (Å²) in [5.41, 5.74) is 0.106. The largest absolute Gasteiger partial charge is 0.391 e. The number of likely N-dealkylation sites (N-methyl/N-ethyl adjacent to an activating group) is 1. The predicted molar refractivity (Wildman–Crippen MR) is 79.7 cm³/mol. The molecular weight excluding hydrogens is 270 g/mol. The van der Waals surface area contributed by atoms with E-state index >= 15 is 0 Å². The molecule has 0 spiro atoms. The maximum Gasteiger partial charge on any atom is 0.327 e. The van der Waals surface area contributed by atoms with Crippen molar-refractivity contribution in [2.45, 2.75) is 33.3 Å². The van der Waals surface area contributed by atoms with E-state index in [1.807, 2.05) is 0 Å². The highest BCUT2D eigenvalue weighted by Crippen LogP contribution is 2.34. The lowest BCUT2D eigenvalue weighted by molar-refractivity contribution is -0.125. The molecule has 1 N–H and O–H groups in total. The van der Waals surface area contributed by atoms with E-state index in [9.17, 15) is 14.7 Å². The molecule has 2 heterocycles. The lowest BCUT2D eigenvalue weighted by Gasteiger charge is -2.42. The summed E-state index contributed by atoms with van der Waals surface area (Å²) in [6.45, 7) is 9.23. The van der Waals surface area contributed by atoms with Gasteiger partial charge in [-0.05, 0) is 24.3 Å². The lowest BCUT2D eigenvalue weighted by Crippen LogP contribution is -2.50. The van der Waals surface area contributed by atoms with E-state index in [0.29, 0.717) is 25.6 Å². The maximum atomic E-state index is 11.8. The number of β-amino-alcohol motifs (C(OH)–C–C–N with tert-alkyl or cyclic N) is 1. The van der Waals surface area contributed by atoms with Gasteiger partial charge in [0.05, 0.1) is 6.10 Å². The zero-order valence-corrected chi connectivity index (χ0v) is 13.5. The van der Waals surface area contributed by atoms with Gasteiger partial charge in [-0.2, -0.15) is 0 Å². The molecule has 0 radical (unpaired) electrons. The number of imide groups is 1. The number of carbonyl (C=O) groups is 2. The zero-order chi connectivity index (χ0) is 15.8. The van der Waals surface area contributed by atoms with Crippen LogP contribution in [0.3, 0.4) is 0 Å². The van der Waals surface area contributed by atoms with Crippen LogP contribution >= 0.6 is 0 Å². The Morgan fingerprint density at radius 2 is 1.90 bits per heavy atom. The van der Waals surface area contributed by atoms with Crippen molar-refractivity contribution in [3.05, 3.63) is 0 Å². The number of hydrogen-bond acceptors (Lipinski definition) is 4. The molecule has 0 saturated carbocycles. The van der Waals surface area contributed by atoms with Crippen molar-refractivity contribution < 1.29 is 14.7 Å². The fraction of sp³-hybridized carbons (Fsp3) is 0.867. The SMILES string of the molecule is CN1CC(=O)N(CCN2CCC(C(C)(C)C)C(O)C2)C1=O. The first kappa shape index (κ1) is 16.2. The van der Waals surface area contributed by atoms with Gasteiger partial charge in [-0.1, -0.05) is 20.8 Å². The molecule has 2 atom stereocenters. The molecule has 0 bridgehead atoms. The van der Waals surface area contributed by atoms with Gasteiger partial charge in [-0.3, -0.25) is 14.6 Å². The number of hydrogen-bond donors (Lipinski definition) is 1. The second-order valence-electron chi connectivity index (χ2n) is 7.31. The van der Waals surface area contributed by atoms with Crippen molar-refractivity contribution in [2.24, 2.45) is 11.3 Å². The fourth-order valence-corrected chi connectivity index (χ4v) is 3.34. The van der Waals surface area contributed by atoms with E-state index in [-0.39, 0.29) is 30.0 Å². The number of piperidine rings is 1. The minimum absolute atomic E-state index is 0.106. The molecule has 2 fully saturated rings. The normalized spacial score (nSPS) is 28.6. The van der Waals surface area contributed by atoms with Crippen molar-refractivity contribution in [3.63, 3.8) is 0 Å². The van der Waals surface area contributed by atoms with E-state index in [4.69, 9.17) is 0 Å². The molecule has 2 saturated heterocycles. The van der Waals surface area contributed by atoms with E-state index in [2.05, 4.69) is 25.7 Å². The highest BCUT2D eigenvalue weighted by Gasteiger charge is 2.37. The van der Waals surface area contributed by atoms with Crippen LogP contribution < -0.4 is 0 Å². The van der Waals surface area contributed by atoms with Gasteiger partial charge in [0.25, 0.3) is 0 Å². The van der Waals surface area contributed by atoms with Gasteiger partial charge >= 0.3 is 6.03 Å². The summed E-state index contributed by atoms with van der Waals surface area (Å²) >= 11 is 0. The second kappa shape index (κ2) is 5.93. The van der Waals surface area contributed by atoms with Gasteiger partial charge in [-0.25, -0.2) is 4.79 Å². The molecule has 2 rings (SSSR count). The Bertz CT molecular complexity index is 419. The van der Waals surface area contributed by atoms with Crippen LogP contribution in [0, 0.1) is 11.3 Å². The van der Waals surface area contributed by atoms with Crippen molar-refractivity contribution in [3.8, 4) is 0 Å². The van der Waals surface area contributed by atoms with Crippen LogP contribution in [-0.4, -0.2) is 77.6 Å². The van der Waals surface area contributed by atoms with Crippen LogP contribution in [0.2, 0.25) is 0 Å². The molecule has 2 unspecified atom stereocenters. The number of aliphatic hydroxyl groups is 1. The van der Waals surface area contributed by atoms with E-state index in [1.54, 1.807) is 7.05 Å². The summed E-state index contributed by atoms with van der Waals surface area (Å²) in [7, 11) is 1.64. The van der Waals surface area contributed by atoms with Crippen molar-refractivity contribution in [1.29, 1.82) is 0 Å². The Hall–Kier alpha value is -1.14. The minimum atomic E-state index is -0.341. The summed E-state index contributed by atoms with van der Waals surface area (Å²) in [5.74, 6) is 0.169. The highest BCUT2D eigenvalue weighted by molar-refractivity contribution is 6.01. The number of aliphatic hydroxyl groups excluding tert-OH is 1. The van der Waals surface area contributed by atoms with Crippen LogP contribution in [0.15, 0.2) is 0 Å². The van der Waals surface area contributed by atoms with Crippen LogP contribution in [0.1, 0.15) is 27.2 Å². The second-order valence-corrected chi connectivity index (χ2v) is 7.31. The smallest absolute Gasteiger partial charge is 0.327 e. The first-order valence-electron chi connectivity index (χ1n) is 7.66. The molecule has 2 aliphatic heterocycles. The molecule has 0 aromatic heterocycles. The van der Waals surface area contributed by atoms with E-state index in [1.165, 1.54) is 9.80 Å². The standard InChI is InChI=1S/C15H27N3O3/c1-15(2,3)11-5-6-17(9-12(11)19)7-8-18-13(20)10-16(4)14(18)21/h11-12,19H,5-10H2,1-4H3. The Balaban J connectivity index is 1.84. The first-order valence-corrected chi connectivity index (χ1v) is 7.66. The molecular formula is C15H27N3O3. The van der Waals surface area contributed by atoms with Crippen molar-refractivity contribution in [2.75, 3.05) is 39.8 Å². The number of urea groups is 1. The Morgan fingerprint density at radius 1 is 1.24 bits per heavy atom. The number of rotatable bonds is 3. The quantitative estimate of drug-likeness (QED) is 0.775. The number of likely N-dealkylation sites (tertiary alicyclic amines) is 1. The fourth-order valence-electron chi connectivity index (χ4n) is 3.34. The number of nitrogens with zero attached hydrogens (tertiary/aromatic N) is 3. The minimum Gasteiger partial charge on any atom is -0.391 e. The van der Waals surface area contributed by atoms with E-state index in [0.717, 1.165) is 13.0 Å². The number of carbonyl (C=O) groups excluding carboxylic acids is 2. The van der Waals surface area contributed by atoms with Gasteiger partial charge in [0, 0.05) is 26.7 Å². The molecule has 6 nitrogen and oxygen atoms in total. The van der Waals surface area contributed by atoms with Gasteiger partial charge in [-0.15, -0.1) is 0 Å². The van der Waals surface area contributed by atoms with Crippen molar-refractivity contribution >= 4 is 11.9 Å². The summed E-state index contributed by atoms with van der Waals surface area (Å²) in [6.07, 6.45) is 0.610. The first-order chi connectivity index (χ1) is 9.70. The summed E-state index contributed by atoms with van der Waals surface area (Å²) in [5, 5.41) is 10.3. The average molecular weight is 297 g/mol. The summed E-state index contributed by atoms with van der Waals surface area (Å²) in [6, 6.07) is -0.217.